The standard InChI is InChI=1S/C20H25F3N2O2/c1-4-7-25(13-20(21,22)23)18(26)16-6-5-8-24(12-16)19(27)17-10-14(2)9-15(3)11-17/h4,9-11,16H,1,5-8,12-13H2,2-3H3. The second-order valence-corrected chi connectivity index (χ2v) is 7.09. The lowest BCUT2D eigenvalue weighted by atomic mass is 9.95. The highest BCUT2D eigenvalue weighted by atomic mass is 19.4. The Morgan fingerprint density at radius 2 is 1.89 bits per heavy atom. The highest BCUT2D eigenvalue weighted by Crippen LogP contribution is 2.24. The number of aryl methyl sites for hydroxylation is 2. The van der Waals surface area contributed by atoms with Crippen LogP contribution in [0.2, 0.25) is 0 Å². The summed E-state index contributed by atoms with van der Waals surface area (Å²) in [7, 11) is 0. The second-order valence-electron chi connectivity index (χ2n) is 7.09. The number of carbonyl (C=O) groups is 2. The quantitative estimate of drug-likeness (QED) is 0.728. The Balaban J connectivity index is 2.12. The lowest BCUT2D eigenvalue weighted by Crippen LogP contribution is -2.48. The van der Waals surface area contributed by atoms with E-state index in [9.17, 15) is 22.8 Å². The second kappa shape index (κ2) is 8.59. The van der Waals surface area contributed by atoms with Crippen molar-refractivity contribution in [2.45, 2.75) is 32.9 Å². The number of likely N-dealkylation sites (tertiary alicyclic amines) is 1. The normalized spacial score (nSPS) is 17.5. The van der Waals surface area contributed by atoms with E-state index in [1.54, 1.807) is 17.0 Å². The highest BCUT2D eigenvalue weighted by molar-refractivity contribution is 5.95. The van der Waals surface area contributed by atoms with Crippen LogP contribution in [0.5, 0.6) is 0 Å². The zero-order valence-corrected chi connectivity index (χ0v) is 15.7. The van der Waals surface area contributed by atoms with E-state index in [1.807, 2.05) is 19.9 Å². The molecule has 1 aromatic rings. The fourth-order valence-electron chi connectivity index (χ4n) is 3.51. The number of nitrogens with zero attached hydrogens (tertiary/aromatic N) is 2. The molecule has 27 heavy (non-hydrogen) atoms. The molecule has 0 N–H and O–H groups in total. The van der Waals surface area contributed by atoms with Gasteiger partial charge in [-0.3, -0.25) is 9.59 Å². The fraction of sp³-hybridized carbons (Fsp3) is 0.500. The molecule has 2 rings (SSSR count). The van der Waals surface area contributed by atoms with E-state index in [0.717, 1.165) is 16.0 Å². The van der Waals surface area contributed by atoms with Gasteiger partial charge < -0.3 is 9.80 Å². The van der Waals surface area contributed by atoms with Crippen LogP contribution in [-0.2, 0) is 4.79 Å². The summed E-state index contributed by atoms with van der Waals surface area (Å²) in [5, 5.41) is 0. The third kappa shape index (κ3) is 5.84. The molecule has 4 nitrogen and oxygen atoms in total. The molecule has 2 amide bonds. The number of hydrogen-bond donors (Lipinski definition) is 0. The molecular weight excluding hydrogens is 357 g/mol. The summed E-state index contributed by atoms with van der Waals surface area (Å²) in [4.78, 5) is 27.8. The van der Waals surface area contributed by atoms with Gasteiger partial charge in [0.25, 0.3) is 5.91 Å². The molecule has 1 unspecified atom stereocenters. The first kappa shape index (κ1) is 21.0. The van der Waals surface area contributed by atoms with Gasteiger partial charge in [0, 0.05) is 25.2 Å². The predicted octanol–water partition coefficient (Wildman–Crippen LogP) is 3.73. The monoisotopic (exact) mass is 382 g/mol. The van der Waals surface area contributed by atoms with Crippen molar-refractivity contribution in [2.75, 3.05) is 26.2 Å². The van der Waals surface area contributed by atoms with Crippen molar-refractivity contribution in [1.29, 1.82) is 0 Å². The molecule has 1 aliphatic heterocycles. The summed E-state index contributed by atoms with van der Waals surface area (Å²) in [6.07, 6.45) is -2.13. The first-order valence-corrected chi connectivity index (χ1v) is 8.94. The number of hydrogen-bond acceptors (Lipinski definition) is 2. The smallest absolute Gasteiger partial charge is 0.338 e. The molecule has 0 radical (unpaired) electrons. The Kier molecular flexibility index (Phi) is 6.68. The Labute approximate surface area is 157 Å². The van der Waals surface area contributed by atoms with Crippen LogP contribution in [0.15, 0.2) is 30.9 Å². The molecule has 1 aromatic carbocycles. The molecule has 0 saturated carbocycles. The van der Waals surface area contributed by atoms with Crippen molar-refractivity contribution in [3.8, 4) is 0 Å². The molecule has 0 aromatic heterocycles. The third-order valence-corrected chi connectivity index (χ3v) is 4.56. The van der Waals surface area contributed by atoms with E-state index in [-0.39, 0.29) is 19.0 Å². The molecule has 148 valence electrons. The van der Waals surface area contributed by atoms with Gasteiger partial charge in [-0.05, 0) is 38.8 Å². The molecule has 7 heteroatoms. The number of halogens is 3. The highest BCUT2D eigenvalue weighted by Gasteiger charge is 2.37. The minimum atomic E-state index is -4.47. The average Bonchev–Trinajstić information content (AvgIpc) is 2.58. The molecule has 0 spiro atoms. The van der Waals surface area contributed by atoms with Crippen molar-refractivity contribution in [2.24, 2.45) is 5.92 Å². The third-order valence-electron chi connectivity index (χ3n) is 4.56. The van der Waals surface area contributed by atoms with Gasteiger partial charge in [0.05, 0.1) is 5.92 Å². The van der Waals surface area contributed by atoms with E-state index < -0.39 is 24.5 Å². The van der Waals surface area contributed by atoms with Crippen molar-refractivity contribution in [1.82, 2.24) is 9.80 Å². The van der Waals surface area contributed by atoms with Crippen LogP contribution in [-0.4, -0.2) is 54.0 Å². The Morgan fingerprint density at radius 1 is 1.26 bits per heavy atom. The SMILES string of the molecule is C=CCN(CC(F)(F)F)C(=O)C1CCCN(C(=O)c2cc(C)cc(C)c2)C1. The summed E-state index contributed by atoms with van der Waals surface area (Å²) in [5.41, 5.74) is 2.47. The van der Waals surface area contributed by atoms with Crippen molar-refractivity contribution in [3.63, 3.8) is 0 Å². The van der Waals surface area contributed by atoms with Crippen molar-refractivity contribution < 1.29 is 22.8 Å². The van der Waals surface area contributed by atoms with E-state index in [0.29, 0.717) is 24.9 Å². The van der Waals surface area contributed by atoms with Gasteiger partial charge in [-0.25, -0.2) is 0 Å². The van der Waals surface area contributed by atoms with Gasteiger partial charge in [-0.15, -0.1) is 6.58 Å². The van der Waals surface area contributed by atoms with Crippen LogP contribution in [0.25, 0.3) is 0 Å². The number of alkyl halides is 3. The number of amides is 2. The van der Waals surface area contributed by atoms with Gasteiger partial charge in [-0.2, -0.15) is 13.2 Å². The minimum absolute atomic E-state index is 0.135. The van der Waals surface area contributed by atoms with Crippen molar-refractivity contribution >= 4 is 11.8 Å². The summed E-state index contributed by atoms with van der Waals surface area (Å²) in [5.74, 6) is -1.40. The number of carbonyl (C=O) groups excluding carboxylic acids is 2. The first-order valence-electron chi connectivity index (χ1n) is 8.94. The summed E-state index contributed by atoms with van der Waals surface area (Å²) >= 11 is 0. The zero-order chi connectivity index (χ0) is 20.2. The molecule has 1 heterocycles. The van der Waals surface area contributed by atoms with Crippen LogP contribution in [0.1, 0.15) is 34.3 Å². The molecule has 1 aliphatic rings. The maximum absolute atomic E-state index is 12.8. The first-order chi connectivity index (χ1) is 12.6. The molecule has 1 fully saturated rings. The number of piperidine rings is 1. The van der Waals surface area contributed by atoms with E-state index >= 15 is 0 Å². The average molecular weight is 382 g/mol. The molecule has 1 saturated heterocycles. The number of rotatable bonds is 5. The van der Waals surface area contributed by atoms with Gasteiger partial charge in [-0.1, -0.05) is 23.3 Å². The van der Waals surface area contributed by atoms with Crippen LogP contribution < -0.4 is 0 Å². The van der Waals surface area contributed by atoms with Gasteiger partial charge in [0.15, 0.2) is 0 Å². The van der Waals surface area contributed by atoms with Crippen LogP contribution >= 0.6 is 0 Å². The lowest BCUT2D eigenvalue weighted by molar-refractivity contribution is -0.163. The largest absolute Gasteiger partial charge is 0.406 e. The van der Waals surface area contributed by atoms with Gasteiger partial charge in [0.2, 0.25) is 5.91 Å². The van der Waals surface area contributed by atoms with Crippen LogP contribution in [0.4, 0.5) is 13.2 Å². The molecule has 0 bridgehead atoms. The Bertz CT molecular complexity index is 695. The topological polar surface area (TPSA) is 40.6 Å². The van der Waals surface area contributed by atoms with Crippen LogP contribution in [0.3, 0.4) is 0 Å². The van der Waals surface area contributed by atoms with E-state index in [2.05, 4.69) is 6.58 Å². The maximum atomic E-state index is 12.8. The maximum Gasteiger partial charge on any atom is 0.406 e. The summed E-state index contributed by atoms with van der Waals surface area (Å²) in [6.45, 7) is 6.39. The number of benzene rings is 1. The molecule has 0 aliphatic carbocycles. The lowest BCUT2D eigenvalue weighted by Gasteiger charge is -2.35. The fourth-order valence-corrected chi connectivity index (χ4v) is 3.51. The van der Waals surface area contributed by atoms with Gasteiger partial charge in [0.1, 0.15) is 6.54 Å². The van der Waals surface area contributed by atoms with Crippen molar-refractivity contribution in [3.05, 3.63) is 47.5 Å². The van der Waals surface area contributed by atoms with Crippen LogP contribution in [0, 0.1) is 19.8 Å². The molecule has 1 atom stereocenters. The zero-order valence-electron chi connectivity index (χ0n) is 15.7. The molecular formula is C20H25F3N2O2. The summed E-state index contributed by atoms with van der Waals surface area (Å²) < 4.78 is 38.3. The van der Waals surface area contributed by atoms with E-state index in [1.165, 1.54) is 6.08 Å². The minimum Gasteiger partial charge on any atom is -0.338 e. The van der Waals surface area contributed by atoms with Gasteiger partial charge >= 0.3 is 6.18 Å². The Hall–Kier alpha value is -2.31. The summed E-state index contributed by atoms with van der Waals surface area (Å²) in [6, 6.07) is 5.53. The van der Waals surface area contributed by atoms with E-state index in [4.69, 9.17) is 0 Å². The predicted molar refractivity (Wildman–Crippen MR) is 97.4 cm³/mol. The Morgan fingerprint density at radius 3 is 2.44 bits per heavy atom.